The fourth-order valence-electron chi connectivity index (χ4n) is 9.45. The van der Waals surface area contributed by atoms with Crippen molar-refractivity contribution in [1.82, 2.24) is 35.2 Å². The molecule has 2 aromatic carbocycles. The maximum absolute atomic E-state index is 14.2. The summed E-state index contributed by atoms with van der Waals surface area (Å²) in [6.07, 6.45) is 2.50. The maximum Gasteiger partial charge on any atom is 0.408 e. The smallest absolute Gasteiger partial charge is 0.408 e. The van der Waals surface area contributed by atoms with Gasteiger partial charge in [0.1, 0.15) is 30.0 Å². The second-order valence-corrected chi connectivity index (χ2v) is 21.2. The number of alkyl carbamates (subject to hydrolysis) is 1. The molecule has 6 heterocycles. The fraction of sp³-hybridized carbons (Fsp3) is 0.509. The van der Waals surface area contributed by atoms with E-state index in [1.54, 1.807) is 27.9 Å². The Balaban J connectivity index is 1.19. The molecule has 17 nitrogen and oxygen atoms in total. The van der Waals surface area contributed by atoms with Gasteiger partial charge in [-0.15, -0.1) is 11.3 Å². The van der Waals surface area contributed by atoms with Crippen molar-refractivity contribution >= 4 is 46.2 Å². The van der Waals surface area contributed by atoms with Crippen LogP contribution >= 0.6 is 11.3 Å². The lowest BCUT2D eigenvalue weighted by Crippen LogP contribution is -2.60. The van der Waals surface area contributed by atoms with Crippen molar-refractivity contribution in [2.24, 2.45) is 5.41 Å². The van der Waals surface area contributed by atoms with Crippen LogP contribution in [-0.2, 0) is 64.0 Å². The van der Waals surface area contributed by atoms with Gasteiger partial charge >= 0.3 is 18.0 Å². The number of hydrazine groups is 1. The number of esters is 2. The third-order valence-corrected chi connectivity index (χ3v) is 13.9. The SMILES string of the molecule is COC(=O)[C@@H]1CCCN(C(=O)[C@H](Cc2nc(-c3cc4c5c(c3)c(CC(C)(C)COC(C)=O)c(-c3cc(-c6ccc(CN7CCOCC7)cc6)cnc3[C@H](C)OC)n5CCO4)cs2)NC(=O)OC(C)(C)C)N1. The third kappa shape index (κ3) is 12.2. The number of methoxy groups -OCH3 is 2. The Morgan fingerprint density at radius 2 is 1.72 bits per heavy atom. The molecule has 3 aliphatic heterocycles. The Bertz CT molecular complexity index is 2740. The van der Waals surface area contributed by atoms with Gasteiger partial charge in [-0.1, -0.05) is 38.1 Å². The lowest BCUT2D eigenvalue weighted by Gasteiger charge is -2.34. The summed E-state index contributed by atoms with van der Waals surface area (Å²) in [4.78, 5) is 64.6. The van der Waals surface area contributed by atoms with E-state index >= 15 is 0 Å². The number of carbonyl (C=O) groups is 4. The van der Waals surface area contributed by atoms with Crippen LogP contribution in [0.4, 0.5) is 4.79 Å². The molecule has 2 saturated heterocycles. The second kappa shape index (κ2) is 21.8. The number of benzene rings is 2. The van der Waals surface area contributed by atoms with Gasteiger partial charge in [-0.25, -0.2) is 15.2 Å². The van der Waals surface area contributed by atoms with Gasteiger partial charge in [0.05, 0.1) is 67.2 Å². The molecule has 3 atom stereocenters. The monoisotopic (exact) mass is 993 g/mol. The number of hydrogen-bond acceptors (Lipinski definition) is 15. The molecule has 0 bridgehead atoms. The number of hydrogen-bond donors (Lipinski definition) is 2. The molecular formula is C53H67N7O10S. The van der Waals surface area contributed by atoms with E-state index in [-0.39, 0.29) is 25.1 Å². The van der Waals surface area contributed by atoms with Crippen LogP contribution in [0.1, 0.15) is 89.2 Å². The molecule has 0 saturated carbocycles. The highest BCUT2D eigenvalue weighted by atomic mass is 32.1. The Morgan fingerprint density at radius 1 is 0.958 bits per heavy atom. The first-order valence-electron chi connectivity index (χ1n) is 24.4. The van der Waals surface area contributed by atoms with Crippen molar-refractivity contribution in [3.63, 3.8) is 0 Å². The molecule has 380 valence electrons. The molecular weight excluding hydrogens is 927 g/mol. The summed E-state index contributed by atoms with van der Waals surface area (Å²) in [5.41, 5.74) is 11.1. The maximum atomic E-state index is 14.2. The van der Waals surface area contributed by atoms with Crippen LogP contribution in [0.3, 0.4) is 0 Å². The Kier molecular flexibility index (Phi) is 15.8. The molecule has 0 spiro atoms. The standard InChI is InChI=1S/C53H67N7O10S/c1-32(65-8)46-39(24-37(28-54-46)35-14-12-34(13-15-35)29-58-17-20-67-21-18-58)47-40(27-53(6,7)31-69-33(2)61)38-23-36(25-44-48(38)59(47)19-22-68-44)43-30-71-45(55-43)26-42(56-51(64)70-52(3,4)5)49(62)60-16-10-11-41(57-60)50(63)66-9/h12-15,23-25,28,30,32,41-42,57H,10-11,16-22,26-27,29,31H2,1-9H3,(H,56,64)/t32-,41-,42-/m0/s1. The number of nitrogens with one attached hydrogen (secondary N) is 2. The summed E-state index contributed by atoms with van der Waals surface area (Å²) >= 11 is 1.37. The van der Waals surface area contributed by atoms with E-state index in [1.807, 2.05) is 24.6 Å². The first-order chi connectivity index (χ1) is 33.9. The van der Waals surface area contributed by atoms with Crippen molar-refractivity contribution in [1.29, 1.82) is 0 Å². The number of pyridine rings is 1. The zero-order chi connectivity index (χ0) is 50.6. The molecule has 18 heteroatoms. The quantitative estimate of drug-likeness (QED) is 0.0725. The average molecular weight is 994 g/mol. The molecule has 0 radical (unpaired) electrons. The number of ether oxygens (including phenoxy) is 6. The fourth-order valence-corrected chi connectivity index (χ4v) is 10.3. The number of morpholine rings is 1. The average Bonchev–Trinajstić information content (AvgIpc) is 3.94. The van der Waals surface area contributed by atoms with Gasteiger partial charge in [-0.3, -0.25) is 29.3 Å². The van der Waals surface area contributed by atoms with Gasteiger partial charge < -0.3 is 38.3 Å². The lowest BCUT2D eigenvalue weighted by atomic mass is 9.84. The van der Waals surface area contributed by atoms with Gasteiger partial charge in [-0.2, -0.15) is 0 Å². The van der Waals surface area contributed by atoms with E-state index in [0.717, 1.165) is 83.0 Å². The van der Waals surface area contributed by atoms with E-state index in [0.29, 0.717) is 55.4 Å². The largest absolute Gasteiger partial charge is 0.489 e. The van der Waals surface area contributed by atoms with Gasteiger partial charge in [0.25, 0.3) is 5.91 Å². The van der Waals surface area contributed by atoms with Crippen molar-refractivity contribution in [2.75, 3.05) is 60.3 Å². The van der Waals surface area contributed by atoms with E-state index in [1.165, 1.54) is 35.9 Å². The van der Waals surface area contributed by atoms with E-state index in [2.05, 4.69) is 70.5 Å². The minimum absolute atomic E-state index is 0.0614. The van der Waals surface area contributed by atoms with Crippen LogP contribution in [0.5, 0.6) is 5.75 Å². The number of amides is 2. The number of carbonyl (C=O) groups excluding carboxylic acids is 4. The minimum Gasteiger partial charge on any atom is -0.489 e. The van der Waals surface area contributed by atoms with Crippen LogP contribution in [0.15, 0.2) is 54.0 Å². The molecule has 2 amide bonds. The zero-order valence-corrected chi connectivity index (χ0v) is 43.2. The van der Waals surface area contributed by atoms with Crippen molar-refractivity contribution in [3.05, 3.63) is 75.9 Å². The van der Waals surface area contributed by atoms with Crippen molar-refractivity contribution in [2.45, 2.75) is 111 Å². The van der Waals surface area contributed by atoms with Crippen molar-refractivity contribution < 1.29 is 47.6 Å². The summed E-state index contributed by atoms with van der Waals surface area (Å²) < 4.78 is 36.6. The zero-order valence-electron chi connectivity index (χ0n) is 42.3. The predicted octanol–water partition coefficient (Wildman–Crippen LogP) is 7.66. The summed E-state index contributed by atoms with van der Waals surface area (Å²) in [5, 5.41) is 7.65. The Hall–Kier alpha value is -5.92. The van der Waals surface area contributed by atoms with Crippen LogP contribution in [-0.4, -0.2) is 126 Å². The lowest BCUT2D eigenvalue weighted by molar-refractivity contribution is -0.150. The van der Waals surface area contributed by atoms with Crippen LogP contribution in [0.2, 0.25) is 0 Å². The van der Waals surface area contributed by atoms with Crippen LogP contribution in [0, 0.1) is 5.41 Å². The molecule has 2 fully saturated rings. The molecule has 71 heavy (non-hydrogen) atoms. The second-order valence-electron chi connectivity index (χ2n) is 20.3. The van der Waals surface area contributed by atoms with Crippen molar-refractivity contribution in [3.8, 4) is 39.4 Å². The predicted molar refractivity (Wildman–Crippen MR) is 270 cm³/mol. The summed E-state index contributed by atoms with van der Waals surface area (Å²) in [5.74, 6) is -0.556. The Labute approximate surface area is 419 Å². The summed E-state index contributed by atoms with van der Waals surface area (Å²) in [6.45, 7) is 18.6. The molecule has 5 aromatic rings. The first-order valence-corrected chi connectivity index (χ1v) is 25.3. The summed E-state index contributed by atoms with van der Waals surface area (Å²) in [6, 6.07) is 13.3. The number of rotatable bonds is 16. The van der Waals surface area contributed by atoms with Crippen LogP contribution in [0.25, 0.3) is 44.5 Å². The molecule has 0 aliphatic carbocycles. The van der Waals surface area contributed by atoms with E-state index in [9.17, 15) is 19.2 Å². The first kappa shape index (κ1) is 51.4. The normalized spacial score (nSPS) is 17.3. The van der Waals surface area contributed by atoms with Gasteiger partial charge in [0, 0.05) is 85.7 Å². The minimum atomic E-state index is -1.07. The highest BCUT2D eigenvalue weighted by molar-refractivity contribution is 7.10. The van der Waals surface area contributed by atoms with Gasteiger partial charge in [0.2, 0.25) is 0 Å². The van der Waals surface area contributed by atoms with Gasteiger partial charge in [-0.05, 0) is 81.8 Å². The number of aromatic nitrogens is 3. The highest BCUT2D eigenvalue weighted by Gasteiger charge is 2.36. The molecule has 0 unspecified atom stereocenters. The van der Waals surface area contributed by atoms with E-state index < -0.39 is 41.1 Å². The number of thiazole rings is 1. The highest BCUT2D eigenvalue weighted by Crippen LogP contribution is 2.47. The molecule has 3 aliphatic rings. The molecule has 3 aromatic heterocycles. The third-order valence-electron chi connectivity index (χ3n) is 13.0. The summed E-state index contributed by atoms with van der Waals surface area (Å²) in [7, 11) is 3.00. The molecule has 8 rings (SSSR count). The number of nitrogens with zero attached hydrogens (tertiary/aromatic N) is 5. The van der Waals surface area contributed by atoms with E-state index in [4.69, 9.17) is 38.4 Å². The van der Waals surface area contributed by atoms with Crippen LogP contribution < -0.4 is 15.5 Å². The topological polar surface area (TPSA) is 185 Å². The Morgan fingerprint density at radius 3 is 2.42 bits per heavy atom. The molecule has 2 N–H and O–H groups in total. The van der Waals surface area contributed by atoms with Gasteiger partial charge in [0.15, 0.2) is 0 Å².